The van der Waals surface area contributed by atoms with Gasteiger partial charge >= 0.3 is 5.97 Å². The minimum Gasteiger partial charge on any atom is -0.480 e. The van der Waals surface area contributed by atoms with Crippen molar-refractivity contribution in [3.05, 3.63) is 63.7 Å². The summed E-state index contributed by atoms with van der Waals surface area (Å²) >= 11 is 1.34. The number of carboxylic acids is 1. The highest BCUT2D eigenvalue weighted by molar-refractivity contribution is 7.99. The van der Waals surface area contributed by atoms with Crippen LogP contribution in [0.3, 0.4) is 0 Å². The molecule has 0 saturated carbocycles. The molecule has 1 atom stereocenters. The van der Waals surface area contributed by atoms with Gasteiger partial charge in [-0.2, -0.15) is 0 Å². The van der Waals surface area contributed by atoms with E-state index in [0.717, 1.165) is 10.5 Å². The highest BCUT2D eigenvalue weighted by Gasteiger charge is 2.20. The second-order valence-electron chi connectivity index (χ2n) is 6.88. The number of nitrogens with one attached hydrogen (secondary N) is 1. The predicted octanol–water partition coefficient (Wildman–Crippen LogP) is 4.64. The number of hydrogen-bond donors (Lipinski definition) is 2. The van der Waals surface area contributed by atoms with Gasteiger partial charge in [-0.05, 0) is 43.0 Å². The quantitative estimate of drug-likeness (QED) is 0.480. The van der Waals surface area contributed by atoms with E-state index >= 15 is 0 Å². The molecule has 0 aliphatic rings. The van der Waals surface area contributed by atoms with Gasteiger partial charge in [0, 0.05) is 17.5 Å². The third-order valence-electron chi connectivity index (χ3n) is 4.03. The lowest BCUT2D eigenvalue weighted by atomic mass is 10.0. The van der Waals surface area contributed by atoms with Gasteiger partial charge in [-0.15, -0.1) is 0 Å². The zero-order chi connectivity index (χ0) is 20.0. The third kappa shape index (κ3) is 6.37. The SMILES string of the molecule is Cc1ccc(Sc2ccc(CNC(CC(C)C)C(=O)O)cc2[N+](=O)[O-])cc1. The largest absolute Gasteiger partial charge is 0.480 e. The molecular formula is C20H24N2O4S. The molecule has 2 aromatic rings. The summed E-state index contributed by atoms with van der Waals surface area (Å²) in [5, 5.41) is 23.8. The zero-order valence-corrected chi connectivity index (χ0v) is 16.5. The van der Waals surface area contributed by atoms with E-state index in [1.165, 1.54) is 17.8 Å². The fraction of sp³-hybridized carbons (Fsp3) is 0.350. The summed E-state index contributed by atoms with van der Waals surface area (Å²) in [6.45, 7) is 6.17. The Hall–Kier alpha value is -2.38. The average molecular weight is 388 g/mol. The van der Waals surface area contributed by atoms with Crippen molar-refractivity contribution in [2.24, 2.45) is 5.92 Å². The topological polar surface area (TPSA) is 92.5 Å². The highest BCUT2D eigenvalue weighted by Crippen LogP contribution is 2.35. The predicted molar refractivity (Wildman–Crippen MR) is 106 cm³/mol. The Morgan fingerprint density at radius 2 is 1.89 bits per heavy atom. The first kappa shape index (κ1) is 20.9. The first-order valence-corrected chi connectivity index (χ1v) is 9.56. The Morgan fingerprint density at radius 1 is 1.22 bits per heavy atom. The fourth-order valence-electron chi connectivity index (χ4n) is 2.62. The van der Waals surface area contributed by atoms with E-state index in [-0.39, 0.29) is 18.2 Å². The van der Waals surface area contributed by atoms with Crippen LogP contribution in [0.5, 0.6) is 0 Å². The number of rotatable bonds is 9. The first-order valence-electron chi connectivity index (χ1n) is 8.74. The van der Waals surface area contributed by atoms with Crippen LogP contribution in [-0.4, -0.2) is 22.0 Å². The van der Waals surface area contributed by atoms with Crippen LogP contribution in [0.2, 0.25) is 0 Å². The first-order chi connectivity index (χ1) is 12.8. The van der Waals surface area contributed by atoms with Crippen molar-refractivity contribution in [3.63, 3.8) is 0 Å². The molecule has 0 amide bonds. The number of benzene rings is 2. The molecule has 2 rings (SSSR count). The number of nitro benzene ring substituents is 1. The number of carboxylic acid groups (broad SMARTS) is 1. The lowest BCUT2D eigenvalue weighted by molar-refractivity contribution is -0.387. The molecule has 2 N–H and O–H groups in total. The van der Waals surface area contributed by atoms with Gasteiger partial charge in [-0.1, -0.05) is 49.4 Å². The molecule has 0 heterocycles. The summed E-state index contributed by atoms with van der Waals surface area (Å²) in [4.78, 5) is 23.9. The van der Waals surface area contributed by atoms with Crippen molar-refractivity contribution in [2.75, 3.05) is 0 Å². The van der Waals surface area contributed by atoms with Crippen LogP contribution in [0.1, 0.15) is 31.4 Å². The molecule has 0 aromatic heterocycles. The van der Waals surface area contributed by atoms with Gasteiger partial charge in [0.1, 0.15) is 6.04 Å². The van der Waals surface area contributed by atoms with Gasteiger partial charge in [0.2, 0.25) is 0 Å². The van der Waals surface area contributed by atoms with Crippen molar-refractivity contribution in [1.29, 1.82) is 0 Å². The van der Waals surface area contributed by atoms with Gasteiger partial charge in [0.05, 0.1) is 9.82 Å². The maximum absolute atomic E-state index is 11.5. The van der Waals surface area contributed by atoms with Crippen molar-refractivity contribution in [3.8, 4) is 0 Å². The Morgan fingerprint density at radius 3 is 2.44 bits per heavy atom. The number of nitrogens with zero attached hydrogens (tertiary/aromatic N) is 1. The molecule has 0 saturated heterocycles. The summed E-state index contributed by atoms with van der Waals surface area (Å²) in [6, 6.07) is 12.2. The molecule has 2 aromatic carbocycles. The number of nitro groups is 1. The zero-order valence-electron chi connectivity index (χ0n) is 15.6. The van der Waals surface area contributed by atoms with Gasteiger partial charge in [0.25, 0.3) is 5.69 Å². The van der Waals surface area contributed by atoms with Gasteiger partial charge in [0.15, 0.2) is 0 Å². The van der Waals surface area contributed by atoms with Crippen LogP contribution < -0.4 is 5.32 Å². The number of carbonyl (C=O) groups is 1. The molecule has 7 heteroatoms. The lowest BCUT2D eigenvalue weighted by Crippen LogP contribution is -2.37. The molecule has 27 heavy (non-hydrogen) atoms. The summed E-state index contributed by atoms with van der Waals surface area (Å²) < 4.78 is 0. The van der Waals surface area contributed by atoms with Crippen LogP contribution in [-0.2, 0) is 11.3 Å². The lowest BCUT2D eigenvalue weighted by Gasteiger charge is -2.16. The average Bonchev–Trinajstić information content (AvgIpc) is 2.60. The second-order valence-corrected chi connectivity index (χ2v) is 7.99. The Bertz CT molecular complexity index is 806. The van der Waals surface area contributed by atoms with E-state index in [1.54, 1.807) is 12.1 Å². The molecule has 0 aliphatic heterocycles. The maximum Gasteiger partial charge on any atom is 0.320 e. The van der Waals surface area contributed by atoms with E-state index in [2.05, 4.69) is 5.32 Å². The van der Waals surface area contributed by atoms with Crippen LogP contribution in [0.4, 0.5) is 5.69 Å². The number of aliphatic carboxylic acids is 1. The summed E-state index contributed by atoms with van der Waals surface area (Å²) in [5.74, 6) is -0.675. The fourth-order valence-corrected chi connectivity index (χ4v) is 3.52. The van der Waals surface area contributed by atoms with E-state index in [1.807, 2.05) is 45.0 Å². The van der Waals surface area contributed by atoms with Crippen LogP contribution in [0.15, 0.2) is 52.3 Å². The molecule has 6 nitrogen and oxygen atoms in total. The normalized spacial score (nSPS) is 12.1. The molecule has 144 valence electrons. The molecule has 0 aliphatic carbocycles. The van der Waals surface area contributed by atoms with Gasteiger partial charge in [-0.25, -0.2) is 0 Å². The van der Waals surface area contributed by atoms with Crippen molar-refractivity contribution in [2.45, 2.75) is 49.6 Å². The molecule has 0 fully saturated rings. The minimum atomic E-state index is -0.912. The van der Waals surface area contributed by atoms with Crippen molar-refractivity contribution in [1.82, 2.24) is 5.32 Å². The Balaban J connectivity index is 2.15. The number of aryl methyl sites for hydroxylation is 1. The van der Waals surface area contributed by atoms with Crippen LogP contribution in [0.25, 0.3) is 0 Å². The van der Waals surface area contributed by atoms with Gasteiger partial charge in [-0.3, -0.25) is 14.9 Å². The molecule has 0 radical (unpaired) electrons. The third-order valence-corrected chi connectivity index (χ3v) is 5.10. The molecule has 0 spiro atoms. The van der Waals surface area contributed by atoms with Gasteiger partial charge < -0.3 is 10.4 Å². The maximum atomic E-state index is 11.5. The summed E-state index contributed by atoms with van der Waals surface area (Å²) in [7, 11) is 0. The van der Waals surface area contributed by atoms with E-state index < -0.39 is 16.9 Å². The summed E-state index contributed by atoms with van der Waals surface area (Å²) in [5.41, 5.74) is 1.84. The van der Waals surface area contributed by atoms with Crippen LogP contribution >= 0.6 is 11.8 Å². The molecular weight excluding hydrogens is 364 g/mol. The van der Waals surface area contributed by atoms with Crippen molar-refractivity contribution >= 4 is 23.4 Å². The minimum absolute atomic E-state index is 0.0237. The van der Waals surface area contributed by atoms with E-state index in [9.17, 15) is 20.0 Å². The standard InChI is InChI=1S/C20H24N2O4S/c1-13(2)10-17(20(23)24)21-12-15-6-9-19(18(11-15)22(25)26)27-16-7-4-14(3)5-8-16/h4-9,11,13,17,21H,10,12H2,1-3H3,(H,23,24). The van der Waals surface area contributed by atoms with E-state index in [0.29, 0.717) is 16.9 Å². The molecule has 1 unspecified atom stereocenters. The van der Waals surface area contributed by atoms with Crippen LogP contribution in [0, 0.1) is 23.0 Å². The monoisotopic (exact) mass is 388 g/mol. The van der Waals surface area contributed by atoms with E-state index in [4.69, 9.17) is 0 Å². The Kier molecular flexibility index (Phi) is 7.38. The summed E-state index contributed by atoms with van der Waals surface area (Å²) in [6.07, 6.45) is 0.499. The smallest absolute Gasteiger partial charge is 0.320 e. The highest BCUT2D eigenvalue weighted by atomic mass is 32.2. The second kappa shape index (κ2) is 9.53. The Labute approximate surface area is 163 Å². The molecule has 0 bridgehead atoms. The number of hydrogen-bond acceptors (Lipinski definition) is 5. The van der Waals surface area contributed by atoms with Crippen molar-refractivity contribution < 1.29 is 14.8 Å².